The molecule has 1 amide bonds. The van der Waals surface area contributed by atoms with E-state index in [4.69, 9.17) is 9.72 Å². The molecule has 0 spiro atoms. The number of nitrogens with zero attached hydrogens (tertiary/aromatic N) is 5. The number of carbonyl (C=O) groups is 1. The van der Waals surface area contributed by atoms with E-state index in [9.17, 15) is 4.79 Å². The lowest BCUT2D eigenvalue weighted by Crippen LogP contribution is -2.58. The van der Waals surface area contributed by atoms with Crippen LogP contribution >= 0.6 is 0 Å². The van der Waals surface area contributed by atoms with E-state index in [1.54, 1.807) is 17.9 Å². The lowest BCUT2D eigenvalue weighted by molar-refractivity contribution is -0.158. The summed E-state index contributed by atoms with van der Waals surface area (Å²) in [5.74, 6) is 1.62. The van der Waals surface area contributed by atoms with E-state index in [0.29, 0.717) is 34.2 Å². The van der Waals surface area contributed by atoms with Gasteiger partial charge in [0, 0.05) is 30.4 Å². The second kappa shape index (κ2) is 6.85. The van der Waals surface area contributed by atoms with Crippen LogP contribution in [0.3, 0.4) is 0 Å². The lowest BCUT2D eigenvalue weighted by Gasteiger charge is -2.59. The Balaban J connectivity index is 1.48. The Bertz CT molecular complexity index is 1350. The number of fused-ring (bicyclic) bond motifs is 1. The Labute approximate surface area is 184 Å². The van der Waals surface area contributed by atoms with E-state index in [0.717, 1.165) is 36.1 Å². The summed E-state index contributed by atoms with van der Waals surface area (Å²) in [6.07, 6.45) is 6.36. The molecule has 3 saturated carbocycles. The molecule has 1 aromatic carbocycles. The van der Waals surface area contributed by atoms with Crippen molar-refractivity contribution in [3.05, 3.63) is 48.9 Å². The minimum Gasteiger partial charge on any atom is -0.493 e. The van der Waals surface area contributed by atoms with Gasteiger partial charge >= 0.3 is 0 Å². The molecule has 8 nitrogen and oxygen atoms in total. The summed E-state index contributed by atoms with van der Waals surface area (Å²) in [7, 11) is 3.45. The zero-order valence-electron chi connectivity index (χ0n) is 17.9. The maximum absolute atomic E-state index is 12.9. The highest BCUT2D eigenvalue weighted by molar-refractivity contribution is 6.00. The zero-order chi connectivity index (χ0) is 21.9. The van der Waals surface area contributed by atoms with Gasteiger partial charge in [-0.25, -0.2) is 15.0 Å². The number of carbonyl (C=O) groups excluding carboxylic acids is 1. The van der Waals surface area contributed by atoms with Gasteiger partial charge in [0.25, 0.3) is 0 Å². The fourth-order valence-corrected chi connectivity index (χ4v) is 4.88. The maximum atomic E-state index is 12.9. The normalized spacial score (nSPS) is 21.0. The Hall–Kier alpha value is -3.81. The summed E-state index contributed by atoms with van der Waals surface area (Å²) < 4.78 is 7.28. The van der Waals surface area contributed by atoms with Gasteiger partial charge in [-0.1, -0.05) is 30.3 Å². The number of rotatable bonds is 5. The summed E-state index contributed by atoms with van der Waals surface area (Å²) in [6.45, 7) is 0. The molecule has 0 radical (unpaired) electrons. The molecule has 0 aliphatic heterocycles. The minimum atomic E-state index is -0.216. The van der Waals surface area contributed by atoms with Crippen molar-refractivity contribution in [2.45, 2.75) is 19.3 Å². The molecular formula is C24H22N6O2. The molecule has 3 fully saturated rings. The van der Waals surface area contributed by atoms with Crippen LogP contribution in [0, 0.1) is 11.3 Å². The molecule has 32 heavy (non-hydrogen) atoms. The van der Waals surface area contributed by atoms with Crippen molar-refractivity contribution in [2.75, 3.05) is 12.4 Å². The summed E-state index contributed by atoms with van der Waals surface area (Å²) in [5.41, 5.74) is 4.31. The quantitative estimate of drug-likeness (QED) is 0.521. The Morgan fingerprint density at radius 1 is 1.16 bits per heavy atom. The van der Waals surface area contributed by atoms with Gasteiger partial charge in [-0.2, -0.15) is 5.10 Å². The second-order valence-corrected chi connectivity index (χ2v) is 8.77. The lowest BCUT2D eigenvalue weighted by atomic mass is 9.44. The smallest absolute Gasteiger partial charge is 0.231 e. The largest absolute Gasteiger partial charge is 0.493 e. The number of aryl methyl sites for hydroxylation is 1. The molecule has 0 atom stereocenters. The highest BCUT2D eigenvalue weighted by Crippen LogP contribution is 2.64. The van der Waals surface area contributed by atoms with Crippen molar-refractivity contribution in [1.29, 1.82) is 0 Å². The predicted octanol–water partition coefficient (Wildman–Crippen LogP) is 3.84. The van der Waals surface area contributed by atoms with Crippen LogP contribution in [0.5, 0.6) is 5.75 Å². The molecule has 0 unspecified atom stereocenters. The SMILES string of the molecule is COc1cc2ncnc(-c3cn(C)nc3-c3ccccc3)c2nc1NC(=O)C12CC(C1)C2. The summed E-state index contributed by atoms with van der Waals surface area (Å²) in [4.78, 5) is 26.6. The Kier molecular flexibility index (Phi) is 4.05. The average Bonchev–Trinajstić information content (AvgIpc) is 3.12. The number of hydrogen-bond acceptors (Lipinski definition) is 6. The molecule has 7 rings (SSSR count). The third kappa shape index (κ3) is 2.79. The van der Waals surface area contributed by atoms with Gasteiger partial charge in [-0.15, -0.1) is 0 Å². The highest BCUT2D eigenvalue weighted by Gasteiger charge is 2.61. The van der Waals surface area contributed by atoms with Crippen LogP contribution in [0.15, 0.2) is 48.9 Å². The molecule has 3 aromatic heterocycles. The van der Waals surface area contributed by atoms with Gasteiger partial charge in [0.2, 0.25) is 5.91 Å². The van der Waals surface area contributed by atoms with E-state index in [1.165, 1.54) is 6.33 Å². The highest BCUT2D eigenvalue weighted by atomic mass is 16.5. The number of methoxy groups -OCH3 is 1. The van der Waals surface area contributed by atoms with Crippen LogP contribution in [0.1, 0.15) is 19.3 Å². The Morgan fingerprint density at radius 2 is 1.94 bits per heavy atom. The third-order valence-corrected chi connectivity index (χ3v) is 6.68. The molecule has 8 heteroatoms. The maximum Gasteiger partial charge on any atom is 0.231 e. The number of amides is 1. The van der Waals surface area contributed by atoms with Crippen LogP contribution in [0.4, 0.5) is 5.82 Å². The van der Waals surface area contributed by atoms with E-state index >= 15 is 0 Å². The predicted molar refractivity (Wildman–Crippen MR) is 120 cm³/mol. The van der Waals surface area contributed by atoms with Crippen LogP contribution in [0.25, 0.3) is 33.5 Å². The molecule has 160 valence electrons. The fraction of sp³-hybridized carbons (Fsp3) is 0.292. The molecule has 3 heterocycles. The third-order valence-electron chi connectivity index (χ3n) is 6.68. The standard InChI is InChI=1S/C24H22N6O2/c1-30-12-16(19(29-30)15-6-4-3-5-7-15)20-21-17(25-13-26-20)8-18(32-2)22(27-21)28-23(31)24-9-14(10-24)11-24/h3-8,12-14H,9-11H2,1-2H3,(H,27,28,31). The summed E-state index contributed by atoms with van der Waals surface area (Å²) in [6, 6.07) is 11.8. The zero-order valence-corrected chi connectivity index (χ0v) is 17.9. The van der Waals surface area contributed by atoms with Crippen molar-refractivity contribution in [3.63, 3.8) is 0 Å². The molecule has 3 aliphatic rings. The van der Waals surface area contributed by atoms with Gasteiger partial charge in [-0.05, 0) is 25.2 Å². The van der Waals surface area contributed by atoms with E-state index in [2.05, 4.69) is 20.4 Å². The van der Waals surface area contributed by atoms with Crippen molar-refractivity contribution in [3.8, 4) is 28.3 Å². The van der Waals surface area contributed by atoms with Crippen LogP contribution in [0.2, 0.25) is 0 Å². The van der Waals surface area contributed by atoms with Crippen molar-refractivity contribution < 1.29 is 9.53 Å². The number of benzene rings is 1. The number of ether oxygens (including phenoxy) is 1. The molecular weight excluding hydrogens is 404 g/mol. The Morgan fingerprint density at radius 3 is 2.62 bits per heavy atom. The van der Waals surface area contributed by atoms with Gasteiger partial charge in [0.15, 0.2) is 11.6 Å². The first-order valence-corrected chi connectivity index (χ1v) is 10.7. The van der Waals surface area contributed by atoms with Crippen molar-refractivity contribution in [2.24, 2.45) is 18.4 Å². The van der Waals surface area contributed by atoms with Crippen molar-refractivity contribution in [1.82, 2.24) is 24.7 Å². The molecule has 0 saturated heterocycles. The monoisotopic (exact) mass is 426 g/mol. The van der Waals surface area contributed by atoms with Crippen LogP contribution in [-0.4, -0.2) is 37.7 Å². The van der Waals surface area contributed by atoms with Gasteiger partial charge in [0.1, 0.15) is 23.2 Å². The molecule has 2 bridgehead atoms. The molecule has 1 N–H and O–H groups in total. The topological polar surface area (TPSA) is 94.8 Å². The fourth-order valence-electron chi connectivity index (χ4n) is 4.88. The van der Waals surface area contributed by atoms with E-state index < -0.39 is 0 Å². The number of hydrogen-bond donors (Lipinski definition) is 1. The van der Waals surface area contributed by atoms with Gasteiger partial charge in [0.05, 0.1) is 18.0 Å². The van der Waals surface area contributed by atoms with Crippen molar-refractivity contribution >= 4 is 22.8 Å². The molecule has 4 aromatic rings. The van der Waals surface area contributed by atoms with Crippen LogP contribution in [-0.2, 0) is 11.8 Å². The minimum absolute atomic E-state index is 0.0231. The van der Waals surface area contributed by atoms with Gasteiger partial charge in [-0.3, -0.25) is 9.48 Å². The average molecular weight is 426 g/mol. The van der Waals surface area contributed by atoms with E-state index in [-0.39, 0.29) is 11.3 Å². The molecule has 3 aliphatic carbocycles. The second-order valence-electron chi connectivity index (χ2n) is 8.77. The van der Waals surface area contributed by atoms with Crippen LogP contribution < -0.4 is 10.1 Å². The first-order chi connectivity index (χ1) is 15.6. The number of anilines is 1. The number of nitrogens with one attached hydrogen (secondary N) is 1. The first-order valence-electron chi connectivity index (χ1n) is 10.7. The summed E-state index contributed by atoms with van der Waals surface area (Å²) >= 11 is 0. The summed E-state index contributed by atoms with van der Waals surface area (Å²) in [5, 5.41) is 7.67. The number of aromatic nitrogens is 5. The first kappa shape index (κ1) is 18.9. The van der Waals surface area contributed by atoms with E-state index in [1.807, 2.05) is 43.6 Å². The number of pyridine rings is 1. The van der Waals surface area contributed by atoms with Gasteiger partial charge < -0.3 is 10.1 Å².